The SMILES string of the molecule is CCCC[C@@](O)(c1ccc(OCC)cc1)[C@@H](CN1CCCCCC1)c1ccccc1. The molecule has 1 heterocycles. The van der Waals surface area contributed by atoms with Gasteiger partial charge in [0.15, 0.2) is 0 Å². The summed E-state index contributed by atoms with van der Waals surface area (Å²) < 4.78 is 5.65. The van der Waals surface area contributed by atoms with E-state index in [2.05, 4.69) is 54.3 Å². The molecule has 0 bridgehead atoms. The molecular weight excluding hydrogens is 370 g/mol. The summed E-state index contributed by atoms with van der Waals surface area (Å²) in [6.45, 7) is 8.02. The maximum atomic E-state index is 12.3. The second-order valence-electron chi connectivity index (χ2n) is 8.66. The van der Waals surface area contributed by atoms with Crippen LogP contribution in [0.5, 0.6) is 5.75 Å². The number of likely N-dealkylation sites (tertiary alicyclic amines) is 1. The third-order valence-corrected chi connectivity index (χ3v) is 6.49. The van der Waals surface area contributed by atoms with E-state index in [1.54, 1.807) is 0 Å². The maximum absolute atomic E-state index is 12.3. The van der Waals surface area contributed by atoms with Crippen LogP contribution in [0, 0.1) is 0 Å². The van der Waals surface area contributed by atoms with Crippen molar-refractivity contribution in [1.29, 1.82) is 0 Å². The first-order chi connectivity index (χ1) is 14.7. The Morgan fingerprint density at radius 3 is 2.20 bits per heavy atom. The van der Waals surface area contributed by atoms with Crippen molar-refractivity contribution in [2.75, 3.05) is 26.2 Å². The summed E-state index contributed by atoms with van der Waals surface area (Å²) in [4.78, 5) is 2.58. The van der Waals surface area contributed by atoms with Gasteiger partial charge in [-0.2, -0.15) is 0 Å². The zero-order valence-electron chi connectivity index (χ0n) is 18.9. The lowest BCUT2D eigenvalue weighted by molar-refractivity contribution is -0.0146. The minimum atomic E-state index is -0.894. The van der Waals surface area contributed by atoms with Crippen molar-refractivity contribution in [1.82, 2.24) is 4.90 Å². The Hall–Kier alpha value is -1.84. The monoisotopic (exact) mass is 409 g/mol. The highest BCUT2D eigenvalue weighted by Gasteiger charge is 2.39. The van der Waals surface area contributed by atoms with Gasteiger partial charge in [0, 0.05) is 12.5 Å². The second kappa shape index (κ2) is 11.5. The van der Waals surface area contributed by atoms with Crippen LogP contribution in [0.1, 0.15) is 75.8 Å². The fraction of sp³-hybridized carbons (Fsp3) is 0.556. The van der Waals surface area contributed by atoms with Crippen molar-refractivity contribution in [2.45, 2.75) is 70.3 Å². The highest BCUT2D eigenvalue weighted by atomic mass is 16.5. The number of hydrogen-bond donors (Lipinski definition) is 1. The maximum Gasteiger partial charge on any atom is 0.119 e. The van der Waals surface area contributed by atoms with E-state index < -0.39 is 5.60 Å². The molecule has 2 aromatic rings. The molecule has 3 nitrogen and oxygen atoms in total. The van der Waals surface area contributed by atoms with Crippen LogP contribution in [0.2, 0.25) is 0 Å². The second-order valence-corrected chi connectivity index (χ2v) is 8.66. The largest absolute Gasteiger partial charge is 0.494 e. The molecule has 0 unspecified atom stereocenters. The van der Waals surface area contributed by atoms with Crippen LogP contribution in [0.15, 0.2) is 54.6 Å². The first-order valence-corrected chi connectivity index (χ1v) is 11.9. The molecule has 2 atom stereocenters. The number of ether oxygens (including phenoxy) is 1. The van der Waals surface area contributed by atoms with E-state index in [0.717, 1.165) is 50.2 Å². The molecular formula is C27H39NO2. The van der Waals surface area contributed by atoms with Gasteiger partial charge < -0.3 is 14.7 Å². The third-order valence-electron chi connectivity index (χ3n) is 6.49. The van der Waals surface area contributed by atoms with E-state index in [4.69, 9.17) is 4.74 Å². The minimum absolute atomic E-state index is 0.0429. The fourth-order valence-corrected chi connectivity index (χ4v) is 4.77. The van der Waals surface area contributed by atoms with Gasteiger partial charge in [-0.3, -0.25) is 0 Å². The molecule has 3 rings (SSSR count). The molecule has 0 aliphatic carbocycles. The highest BCUT2D eigenvalue weighted by molar-refractivity contribution is 5.35. The number of aliphatic hydroxyl groups is 1. The Morgan fingerprint density at radius 1 is 0.933 bits per heavy atom. The Balaban J connectivity index is 1.97. The molecule has 1 saturated heterocycles. The van der Waals surface area contributed by atoms with Crippen LogP contribution in [-0.4, -0.2) is 36.2 Å². The Kier molecular flexibility index (Phi) is 8.77. The van der Waals surface area contributed by atoms with Crippen molar-refractivity contribution in [3.63, 3.8) is 0 Å². The van der Waals surface area contributed by atoms with Crippen LogP contribution in [-0.2, 0) is 5.60 Å². The topological polar surface area (TPSA) is 32.7 Å². The summed E-state index contributed by atoms with van der Waals surface area (Å²) in [6.07, 6.45) is 8.02. The number of nitrogens with zero attached hydrogens (tertiary/aromatic N) is 1. The highest BCUT2D eigenvalue weighted by Crippen LogP contribution is 2.42. The molecule has 0 amide bonds. The zero-order valence-corrected chi connectivity index (χ0v) is 18.9. The molecule has 2 aromatic carbocycles. The van der Waals surface area contributed by atoms with Gasteiger partial charge in [0.05, 0.1) is 12.2 Å². The molecule has 0 aromatic heterocycles. The average molecular weight is 410 g/mol. The van der Waals surface area contributed by atoms with Gasteiger partial charge in [0.1, 0.15) is 5.75 Å². The van der Waals surface area contributed by atoms with E-state index in [0.29, 0.717) is 6.61 Å². The van der Waals surface area contributed by atoms with Gasteiger partial charge in [-0.15, -0.1) is 0 Å². The van der Waals surface area contributed by atoms with Gasteiger partial charge in [-0.1, -0.05) is 75.1 Å². The summed E-state index contributed by atoms with van der Waals surface area (Å²) in [6, 6.07) is 18.8. The van der Waals surface area contributed by atoms with Gasteiger partial charge in [-0.25, -0.2) is 0 Å². The standard InChI is InChI=1S/C27H39NO2/c1-3-5-19-27(29,24-15-17-25(18-16-24)30-4-2)26(23-13-9-8-10-14-23)22-28-20-11-6-7-12-21-28/h8-10,13-18,26,29H,3-7,11-12,19-22H2,1-2H3/t26-,27+/m0/s1. The Labute approximate surface area is 183 Å². The summed E-state index contributed by atoms with van der Waals surface area (Å²) in [5.41, 5.74) is 1.34. The lowest BCUT2D eigenvalue weighted by Gasteiger charge is -2.40. The van der Waals surface area contributed by atoms with Crippen molar-refractivity contribution >= 4 is 0 Å². The molecule has 3 heteroatoms. The van der Waals surface area contributed by atoms with Crippen molar-refractivity contribution in [3.05, 3.63) is 65.7 Å². The summed E-state index contributed by atoms with van der Waals surface area (Å²) >= 11 is 0. The summed E-state index contributed by atoms with van der Waals surface area (Å²) in [7, 11) is 0. The molecule has 1 N–H and O–H groups in total. The third kappa shape index (κ3) is 5.86. The van der Waals surface area contributed by atoms with Gasteiger partial charge in [0.2, 0.25) is 0 Å². The van der Waals surface area contributed by atoms with Crippen molar-refractivity contribution < 1.29 is 9.84 Å². The number of hydrogen-bond acceptors (Lipinski definition) is 3. The van der Waals surface area contributed by atoms with E-state index >= 15 is 0 Å². The molecule has 1 fully saturated rings. The van der Waals surface area contributed by atoms with Crippen LogP contribution in [0.25, 0.3) is 0 Å². The van der Waals surface area contributed by atoms with Crippen molar-refractivity contribution in [2.24, 2.45) is 0 Å². The quantitative estimate of drug-likeness (QED) is 0.513. The lowest BCUT2D eigenvalue weighted by Crippen LogP contribution is -2.41. The molecule has 0 radical (unpaired) electrons. The van der Waals surface area contributed by atoms with Gasteiger partial charge in [0.25, 0.3) is 0 Å². The Bertz CT molecular complexity index is 722. The van der Waals surface area contributed by atoms with Gasteiger partial charge >= 0.3 is 0 Å². The fourth-order valence-electron chi connectivity index (χ4n) is 4.77. The summed E-state index contributed by atoms with van der Waals surface area (Å²) in [5, 5.41) is 12.3. The molecule has 30 heavy (non-hydrogen) atoms. The predicted octanol–water partition coefficient (Wildman–Crippen LogP) is 6.12. The van der Waals surface area contributed by atoms with Gasteiger partial charge in [-0.05, 0) is 62.5 Å². The van der Waals surface area contributed by atoms with Crippen LogP contribution in [0.4, 0.5) is 0 Å². The first-order valence-electron chi connectivity index (χ1n) is 11.9. The average Bonchev–Trinajstić information content (AvgIpc) is 3.06. The van der Waals surface area contributed by atoms with Crippen LogP contribution < -0.4 is 4.74 Å². The number of unbranched alkanes of at least 4 members (excludes halogenated alkanes) is 1. The number of rotatable bonds is 10. The minimum Gasteiger partial charge on any atom is -0.494 e. The Morgan fingerprint density at radius 2 is 1.60 bits per heavy atom. The predicted molar refractivity (Wildman–Crippen MR) is 125 cm³/mol. The zero-order chi connectivity index (χ0) is 21.2. The smallest absolute Gasteiger partial charge is 0.119 e. The van der Waals surface area contributed by atoms with Crippen LogP contribution in [0.3, 0.4) is 0 Å². The molecule has 1 aliphatic rings. The summed E-state index contributed by atoms with van der Waals surface area (Å²) in [5.74, 6) is 0.907. The molecule has 0 spiro atoms. The number of benzene rings is 2. The first kappa shape index (κ1) is 22.8. The normalized spacial score (nSPS) is 18.4. The van der Waals surface area contributed by atoms with Crippen LogP contribution >= 0.6 is 0 Å². The molecule has 1 aliphatic heterocycles. The van der Waals surface area contributed by atoms with E-state index in [-0.39, 0.29) is 5.92 Å². The van der Waals surface area contributed by atoms with E-state index in [1.165, 1.54) is 31.2 Å². The lowest BCUT2D eigenvalue weighted by atomic mass is 9.74. The van der Waals surface area contributed by atoms with Crippen molar-refractivity contribution in [3.8, 4) is 5.75 Å². The van der Waals surface area contributed by atoms with E-state index in [1.807, 2.05) is 19.1 Å². The molecule has 0 saturated carbocycles. The van der Waals surface area contributed by atoms with E-state index in [9.17, 15) is 5.11 Å². The molecule has 164 valence electrons.